The molecular weight excluding hydrogens is 144 g/mol. The van der Waals surface area contributed by atoms with E-state index in [1.165, 1.54) is 0 Å². The molecule has 1 saturated heterocycles. The van der Waals surface area contributed by atoms with E-state index in [0.717, 1.165) is 0 Å². The van der Waals surface area contributed by atoms with Crippen LogP contribution in [0.25, 0.3) is 0 Å². The average molecular weight is 160 g/mol. The monoisotopic (exact) mass is 160 g/mol. The maximum absolute atomic E-state index is 9.68. The van der Waals surface area contributed by atoms with Crippen LogP contribution in [0.1, 0.15) is 20.8 Å². The molecule has 0 aromatic rings. The van der Waals surface area contributed by atoms with E-state index in [1.807, 2.05) is 20.8 Å². The molecule has 0 bridgehead atoms. The standard InChI is InChI=1S/C8H16O3/c1-8(2,3)7(9)6-4-10-5-11-6/h6-7,9H,4-5H2,1-3H3. The molecule has 1 N–H and O–H groups in total. The van der Waals surface area contributed by atoms with Gasteiger partial charge in [0, 0.05) is 0 Å². The van der Waals surface area contributed by atoms with Gasteiger partial charge in [0.05, 0.1) is 12.7 Å². The van der Waals surface area contributed by atoms with Gasteiger partial charge in [0.2, 0.25) is 0 Å². The quantitative estimate of drug-likeness (QED) is 0.615. The van der Waals surface area contributed by atoms with Crippen LogP contribution in [0.15, 0.2) is 0 Å². The highest BCUT2D eigenvalue weighted by molar-refractivity contribution is 4.81. The van der Waals surface area contributed by atoms with Crippen LogP contribution in [0, 0.1) is 5.41 Å². The summed E-state index contributed by atoms with van der Waals surface area (Å²) < 4.78 is 10.2. The second-order valence-corrected chi connectivity index (χ2v) is 4.00. The third-order valence-electron chi connectivity index (χ3n) is 1.89. The molecule has 1 rings (SSSR count). The van der Waals surface area contributed by atoms with Gasteiger partial charge in [-0.25, -0.2) is 0 Å². The Morgan fingerprint density at radius 2 is 2.09 bits per heavy atom. The first-order valence-electron chi connectivity index (χ1n) is 3.89. The zero-order valence-corrected chi connectivity index (χ0v) is 7.33. The van der Waals surface area contributed by atoms with Gasteiger partial charge in [-0.05, 0) is 5.41 Å². The van der Waals surface area contributed by atoms with Crippen molar-refractivity contribution >= 4 is 0 Å². The van der Waals surface area contributed by atoms with Crippen LogP contribution in [-0.4, -0.2) is 30.7 Å². The van der Waals surface area contributed by atoms with Crippen LogP contribution >= 0.6 is 0 Å². The van der Waals surface area contributed by atoms with Gasteiger partial charge >= 0.3 is 0 Å². The van der Waals surface area contributed by atoms with E-state index in [0.29, 0.717) is 13.4 Å². The van der Waals surface area contributed by atoms with Crippen molar-refractivity contribution in [2.45, 2.75) is 33.0 Å². The first-order chi connectivity index (χ1) is 5.02. The summed E-state index contributed by atoms with van der Waals surface area (Å²) in [7, 11) is 0. The molecular formula is C8H16O3. The second kappa shape index (κ2) is 3.09. The zero-order chi connectivity index (χ0) is 8.48. The van der Waals surface area contributed by atoms with E-state index >= 15 is 0 Å². The summed E-state index contributed by atoms with van der Waals surface area (Å²) in [5.41, 5.74) is -0.127. The highest BCUT2D eigenvalue weighted by Gasteiger charge is 2.33. The minimum atomic E-state index is -0.440. The molecule has 0 amide bonds. The van der Waals surface area contributed by atoms with Crippen molar-refractivity contribution in [3.63, 3.8) is 0 Å². The van der Waals surface area contributed by atoms with Gasteiger partial charge in [0.1, 0.15) is 12.9 Å². The second-order valence-electron chi connectivity index (χ2n) is 4.00. The molecule has 0 aliphatic carbocycles. The van der Waals surface area contributed by atoms with Crippen molar-refractivity contribution in [1.29, 1.82) is 0 Å². The lowest BCUT2D eigenvalue weighted by Crippen LogP contribution is -2.38. The molecule has 1 aliphatic rings. The van der Waals surface area contributed by atoms with Crippen LogP contribution < -0.4 is 0 Å². The lowest BCUT2D eigenvalue weighted by molar-refractivity contribution is -0.0552. The molecule has 2 unspecified atom stereocenters. The highest BCUT2D eigenvalue weighted by atomic mass is 16.7. The number of ether oxygens (including phenoxy) is 2. The predicted molar refractivity (Wildman–Crippen MR) is 41.2 cm³/mol. The third kappa shape index (κ3) is 2.15. The number of aliphatic hydroxyl groups excluding tert-OH is 1. The lowest BCUT2D eigenvalue weighted by Gasteiger charge is -2.28. The Morgan fingerprint density at radius 1 is 1.45 bits per heavy atom. The topological polar surface area (TPSA) is 38.7 Å². The van der Waals surface area contributed by atoms with Gasteiger partial charge in [0.15, 0.2) is 0 Å². The van der Waals surface area contributed by atoms with Crippen molar-refractivity contribution < 1.29 is 14.6 Å². The third-order valence-corrected chi connectivity index (χ3v) is 1.89. The van der Waals surface area contributed by atoms with E-state index in [2.05, 4.69) is 0 Å². The van der Waals surface area contributed by atoms with Crippen LogP contribution in [0.3, 0.4) is 0 Å². The summed E-state index contributed by atoms with van der Waals surface area (Å²) in [5, 5.41) is 9.68. The Bertz CT molecular complexity index is 122. The van der Waals surface area contributed by atoms with Crippen molar-refractivity contribution in [2.75, 3.05) is 13.4 Å². The van der Waals surface area contributed by atoms with E-state index in [4.69, 9.17) is 9.47 Å². The molecule has 1 heterocycles. The normalized spacial score (nSPS) is 28.9. The highest BCUT2D eigenvalue weighted by Crippen LogP contribution is 2.25. The fourth-order valence-corrected chi connectivity index (χ4v) is 1.09. The van der Waals surface area contributed by atoms with Crippen LogP contribution in [-0.2, 0) is 9.47 Å². The number of hydrogen-bond donors (Lipinski definition) is 1. The minimum Gasteiger partial charge on any atom is -0.390 e. The molecule has 3 heteroatoms. The first kappa shape index (κ1) is 8.97. The van der Waals surface area contributed by atoms with Crippen molar-refractivity contribution in [3.05, 3.63) is 0 Å². The summed E-state index contributed by atoms with van der Waals surface area (Å²) >= 11 is 0. The maximum Gasteiger partial charge on any atom is 0.147 e. The molecule has 0 radical (unpaired) electrons. The molecule has 0 aromatic carbocycles. The summed E-state index contributed by atoms with van der Waals surface area (Å²) in [4.78, 5) is 0. The number of hydrogen-bond acceptors (Lipinski definition) is 3. The van der Waals surface area contributed by atoms with E-state index in [-0.39, 0.29) is 11.5 Å². The fourth-order valence-electron chi connectivity index (χ4n) is 1.09. The SMILES string of the molecule is CC(C)(C)C(O)C1COCO1. The van der Waals surface area contributed by atoms with Gasteiger partial charge in [-0.2, -0.15) is 0 Å². The number of aliphatic hydroxyl groups is 1. The summed E-state index contributed by atoms with van der Waals surface area (Å²) in [6, 6.07) is 0. The molecule has 0 aromatic heterocycles. The Labute approximate surface area is 67.3 Å². The molecule has 0 saturated carbocycles. The largest absolute Gasteiger partial charge is 0.390 e. The molecule has 1 fully saturated rings. The molecule has 1 aliphatic heterocycles. The van der Waals surface area contributed by atoms with Crippen molar-refractivity contribution in [1.82, 2.24) is 0 Å². The van der Waals surface area contributed by atoms with Gasteiger partial charge in [-0.15, -0.1) is 0 Å². The van der Waals surface area contributed by atoms with Crippen molar-refractivity contribution in [3.8, 4) is 0 Å². The molecule has 3 nitrogen and oxygen atoms in total. The van der Waals surface area contributed by atoms with E-state index in [1.54, 1.807) is 0 Å². The van der Waals surface area contributed by atoms with E-state index < -0.39 is 6.10 Å². The summed E-state index contributed by atoms with van der Waals surface area (Å²) in [6.07, 6.45) is -0.583. The molecule has 2 atom stereocenters. The van der Waals surface area contributed by atoms with Crippen molar-refractivity contribution in [2.24, 2.45) is 5.41 Å². The van der Waals surface area contributed by atoms with Gasteiger partial charge in [-0.1, -0.05) is 20.8 Å². The summed E-state index contributed by atoms with van der Waals surface area (Å²) in [5.74, 6) is 0. The summed E-state index contributed by atoms with van der Waals surface area (Å²) in [6.45, 7) is 6.79. The average Bonchev–Trinajstić information content (AvgIpc) is 2.34. The Morgan fingerprint density at radius 3 is 2.45 bits per heavy atom. The van der Waals surface area contributed by atoms with Crippen LogP contribution in [0.5, 0.6) is 0 Å². The minimum absolute atomic E-state index is 0.127. The van der Waals surface area contributed by atoms with E-state index in [9.17, 15) is 5.11 Å². The Balaban J connectivity index is 2.46. The predicted octanol–water partition coefficient (Wildman–Crippen LogP) is 0.766. The van der Waals surface area contributed by atoms with Gasteiger partial charge in [0.25, 0.3) is 0 Å². The fraction of sp³-hybridized carbons (Fsp3) is 1.00. The first-order valence-corrected chi connectivity index (χ1v) is 3.89. The zero-order valence-electron chi connectivity index (χ0n) is 7.33. The molecule has 66 valence electrons. The maximum atomic E-state index is 9.68. The van der Waals surface area contributed by atoms with Gasteiger partial charge in [-0.3, -0.25) is 0 Å². The van der Waals surface area contributed by atoms with Gasteiger partial charge < -0.3 is 14.6 Å². The lowest BCUT2D eigenvalue weighted by atomic mass is 9.86. The number of rotatable bonds is 1. The molecule has 11 heavy (non-hydrogen) atoms. The smallest absolute Gasteiger partial charge is 0.147 e. The van der Waals surface area contributed by atoms with Crippen LogP contribution in [0.2, 0.25) is 0 Å². The Hall–Kier alpha value is -0.120. The molecule has 0 spiro atoms. The van der Waals surface area contributed by atoms with Crippen LogP contribution in [0.4, 0.5) is 0 Å². The Kier molecular flexibility index (Phi) is 2.52.